The number of rotatable bonds is 8. The van der Waals surface area contributed by atoms with Gasteiger partial charge in [-0.3, -0.25) is 0 Å². The maximum atomic E-state index is 5.01. The number of hydrogen-bond donors (Lipinski definition) is 1. The first-order valence-electron chi connectivity index (χ1n) is 6.68. The first kappa shape index (κ1) is 13.9. The van der Waals surface area contributed by atoms with E-state index in [2.05, 4.69) is 24.1 Å². The van der Waals surface area contributed by atoms with Gasteiger partial charge < -0.3 is 15.0 Å². The van der Waals surface area contributed by atoms with E-state index in [9.17, 15) is 0 Å². The van der Waals surface area contributed by atoms with Gasteiger partial charge in [0.25, 0.3) is 0 Å². The van der Waals surface area contributed by atoms with Gasteiger partial charge in [0.05, 0.1) is 6.61 Å². The summed E-state index contributed by atoms with van der Waals surface area (Å²) in [5, 5.41) is 3.41. The third kappa shape index (κ3) is 4.04. The maximum Gasteiger partial charge on any atom is 0.0587 e. The summed E-state index contributed by atoms with van der Waals surface area (Å²) in [5.41, 5.74) is 0.618. The lowest BCUT2D eigenvalue weighted by atomic mass is 9.82. The lowest BCUT2D eigenvalue weighted by Gasteiger charge is -2.26. The molecule has 0 aliphatic carbocycles. The van der Waals surface area contributed by atoms with Crippen molar-refractivity contribution in [1.82, 2.24) is 10.2 Å². The molecule has 96 valence electrons. The molecule has 16 heavy (non-hydrogen) atoms. The van der Waals surface area contributed by atoms with Gasteiger partial charge in [0.2, 0.25) is 0 Å². The Hall–Kier alpha value is -0.120. The number of ether oxygens (including phenoxy) is 1. The molecule has 1 fully saturated rings. The zero-order valence-electron chi connectivity index (χ0n) is 11.2. The largest absolute Gasteiger partial charge is 0.383 e. The predicted molar refractivity (Wildman–Crippen MR) is 68.8 cm³/mol. The molecule has 1 saturated heterocycles. The monoisotopic (exact) mass is 228 g/mol. The molecule has 3 heteroatoms. The summed E-state index contributed by atoms with van der Waals surface area (Å²) in [6.07, 6.45) is 4.05. The molecule has 0 atom stereocenters. The molecule has 1 N–H and O–H groups in total. The first-order chi connectivity index (χ1) is 7.76. The Kier molecular flexibility index (Phi) is 6.32. The standard InChI is InChI=1S/C13H28N2O/c1-4-13(5-2)6-9-15(12-13)10-7-14-8-11-16-3/h14H,4-12H2,1-3H3. The van der Waals surface area contributed by atoms with E-state index in [1.54, 1.807) is 7.11 Å². The van der Waals surface area contributed by atoms with E-state index < -0.39 is 0 Å². The number of nitrogens with zero attached hydrogens (tertiary/aromatic N) is 1. The van der Waals surface area contributed by atoms with Crippen molar-refractivity contribution in [3.05, 3.63) is 0 Å². The molecule has 1 aliphatic heterocycles. The van der Waals surface area contributed by atoms with Crippen LogP contribution in [0, 0.1) is 5.41 Å². The van der Waals surface area contributed by atoms with E-state index >= 15 is 0 Å². The van der Waals surface area contributed by atoms with Crippen molar-refractivity contribution in [3.8, 4) is 0 Å². The molecule has 0 saturated carbocycles. The zero-order valence-corrected chi connectivity index (χ0v) is 11.2. The Morgan fingerprint density at radius 1 is 1.25 bits per heavy atom. The van der Waals surface area contributed by atoms with Crippen molar-refractivity contribution in [3.63, 3.8) is 0 Å². The van der Waals surface area contributed by atoms with E-state index in [0.29, 0.717) is 5.41 Å². The van der Waals surface area contributed by atoms with Crippen molar-refractivity contribution in [2.24, 2.45) is 5.41 Å². The Labute approximate surface area is 101 Å². The molecule has 3 nitrogen and oxygen atoms in total. The molecule has 0 aromatic carbocycles. The van der Waals surface area contributed by atoms with Crippen LogP contribution < -0.4 is 5.32 Å². The second-order valence-corrected chi connectivity index (χ2v) is 4.98. The van der Waals surface area contributed by atoms with Crippen molar-refractivity contribution in [2.45, 2.75) is 33.1 Å². The van der Waals surface area contributed by atoms with Crippen LogP contribution in [0.15, 0.2) is 0 Å². The van der Waals surface area contributed by atoms with Gasteiger partial charge >= 0.3 is 0 Å². The molecule has 0 aromatic rings. The fraction of sp³-hybridized carbons (Fsp3) is 1.00. The van der Waals surface area contributed by atoms with Gasteiger partial charge in [-0.2, -0.15) is 0 Å². The summed E-state index contributed by atoms with van der Waals surface area (Å²) in [5.74, 6) is 0. The molecule has 0 radical (unpaired) electrons. The van der Waals surface area contributed by atoms with E-state index in [-0.39, 0.29) is 0 Å². The average Bonchev–Trinajstić information content (AvgIpc) is 2.73. The van der Waals surface area contributed by atoms with E-state index in [1.165, 1.54) is 38.9 Å². The van der Waals surface area contributed by atoms with Crippen LogP contribution in [-0.4, -0.2) is 51.3 Å². The normalized spacial score (nSPS) is 20.4. The van der Waals surface area contributed by atoms with Crippen molar-refractivity contribution < 1.29 is 4.74 Å². The van der Waals surface area contributed by atoms with Crippen molar-refractivity contribution in [1.29, 1.82) is 0 Å². The third-order valence-corrected chi connectivity index (χ3v) is 4.11. The maximum absolute atomic E-state index is 5.01. The molecule has 0 spiro atoms. The number of nitrogens with one attached hydrogen (secondary N) is 1. The highest BCUT2D eigenvalue weighted by Gasteiger charge is 2.34. The minimum atomic E-state index is 0.618. The average molecular weight is 228 g/mol. The summed E-state index contributed by atoms with van der Waals surface area (Å²) in [6.45, 7) is 11.3. The second kappa shape index (κ2) is 7.25. The number of methoxy groups -OCH3 is 1. The van der Waals surface area contributed by atoms with Crippen LogP contribution in [0.5, 0.6) is 0 Å². The van der Waals surface area contributed by atoms with Crippen LogP contribution in [0.4, 0.5) is 0 Å². The predicted octanol–water partition coefficient (Wildman–Crippen LogP) is 1.73. The zero-order chi connectivity index (χ0) is 11.9. The number of likely N-dealkylation sites (tertiary alicyclic amines) is 1. The summed E-state index contributed by atoms with van der Waals surface area (Å²) >= 11 is 0. The lowest BCUT2D eigenvalue weighted by Crippen LogP contribution is -2.33. The summed E-state index contributed by atoms with van der Waals surface area (Å²) in [7, 11) is 1.75. The van der Waals surface area contributed by atoms with Gasteiger partial charge in [0.15, 0.2) is 0 Å². The highest BCUT2D eigenvalue weighted by atomic mass is 16.5. The van der Waals surface area contributed by atoms with Gasteiger partial charge in [0, 0.05) is 33.3 Å². The Morgan fingerprint density at radius 2 is 2.00 bits per heavy atom. The summed E-state index contributed by atoms with van der Waals surface area (Å²) < 4.78 is 5.01. The van der Waals surface area contributed by atoms with Gasteiger partial charge in [-0.25, -0.2) is 0 Å². The summed E-state index contributed by atoms with van der Waals surface area (Å²) in [4.78, 5) is 2.60. The van der Waals surface area contributed by atoms with E-state index in [0.717, 1.165) is 19.7 Å². The van der Waals surface area contributed by atoms with Crippen molar-refractivity contribution >= 4 is 0 Å². The topological polar surface area (TPSA) is 24.5 Å². The smallest absolute Gasteiger partial charge is 0.0587 e. The highest BCUT2D eigenvalue weighted by molar-refractivity contribution is 4.87. The quantitative estimate of drug-likeness (QED) is 0.640. The summed E-state index contributed by atoms with van der Waals surface area (Å²) in [6, 6.07) is 0. The van der Waals surface area contributed by atoms with Crippen LogP contribution in [0.3, 0.4) is 0 Å². The first-order valence-corrected chi connectivity index (χ1v) is 6.68. The van der Waals surface area contributed by atoms with Crippen LogP contribution >= 0.6 is 0 Å². The minimum absolute atomic E-state index is 0.618. The molecular formula is C13H28N2O. The van der Waals surface area contributed by atoms with Crippen LogP contribution in [0.2, 0.25) is 0 Å². The SMILES string of the molecule is CCC1(CC)CCN(CCNCCOC)C1. The number of hydrogen-bond acceptors (Lipinski definition) is 3. The molecule has 1 rings (SSSR count). The van der Waals surface area contributed by atoms with Crippen LogP contribution in [0.1, 0.15) is 33.1 Å². The Balaban J connectivity index is 2.11. The third-order valence-electron chi connectivity index (χ3n) is 4.11. The molecule has 0 amide bonds. The molecule has 1 heterocycles. The second-order valence-electron chi connectivity index (χ2n) is 4.98. The minimum Gasteiger partial charge on any atom is -0.383 e. The van der Waals surface area contributed by atoms with Crippen LogP contribution in [0.25, 0.3) is 0 Å². The lowest BCUT2D eigenvalue weighted by molar-refractivity contribution is 0.196. The Bertz CT molecular complexity index is 181. The van der Waals surface area contributed by atoms with Gasteiger partial charge in [-0.15, -0.1) is 0 Å². The van der Waals surface area contributed by atoms with Crippen LogP contribution in [-0.2, 0) is 4.74 Å². The molecule has 0 bridgehead atoms. The van der Waals surface area contributed by atoms with E-state index in [4.69, 9.17) is 4.74 Å². The molecule has 0 unspecified atom stereocenters. The molecule has 0 aromatic heterocycles. The molecule has 1 aliphatic rings. The van der Waals surface area contributed by atoms with Crippen molar-refractivity contribution in [2.75, 3.05) is 46.4 Å². The fourth-order valence-corrected chi connectivity index (χ4v) is 2.58. The molecular weight excluding hydrogens is 200 g/mol. The fourth-order valence-electron chi connectivity index (χ4n) is 2.58. The van der Waals surface area contributed by atoms with Gasteiger partial charge in [-0.05, 0) is 31.2 Å². The van der Waals surface area contributed by atoms with Gasteiger partial charge in [-0.1, -0.05) is 13.8 Å². The Morgan fingerprint density at radius 3 is 2.56 bits per heavy atom. The highest BCUT2D eigenvalue weighted by Crippen LogP contribution is 2.36. The van der Waals surface area contributed by atoms with E-state index in [1.807, 2.05) is 0 Å². The van der Waals surface area contributed by atoms with Gasteiger partial charge in [0.1, 0.15) is 0 Å².